The summed E-state index contributed by atoms with van der Waals surface area (Å²) in [6, 6.07) is 13.4. The van der Waals surface area contributed by atoms with Gasteiger partial charge in [0, 0.05) is 12.5 Å². The Bertz CT molecular complexity index is 888. The van der Waals surface area contributed by atoms with E-state index in [0.29, 0.717) is 24.5 Å². The molecule has 0 aliphatic carbocycles. The van der Waals surface area contributed by atoms with Crippen LogP contribution < -0.4 is 19.5 Å². The van der Waals surface area contributed by atoms with E-state index in [2.05, 4.69) is 5.32 Å². The van der Waals surface area contributed by atoms with E-state index in [-0.39, 0.29) is 18.7 Å². The number of hydrogen-bond acceptors (Lipinski definition) is 6. The summed E-state index contributed by atoms with van der Waals surface area (Å²) in [6.45, 7) is 2.96. The molecule has 0 radical (unpaired) electrons. The van der Waals surface area contributed by atoms with Crippen LogP contribution in [0, 0.1) is 0 Å². The molecule has 0 saturated carbocycles. The lowest BCUT2D eigenvalue weighted by atomic mass is 9.91. The molecule has 6 heteroatoms. The second-order valence-electron chi connectivity index (χ2n) is 6.28. The van der Waals surface area contributed by atoms with Gasteiger partial charge in [-0.2, -0.15) is 0 Å². The molecule has 0 saturated heterocycles. The third-order valence-electron chi connectivity index (χ3n) is 4.77. The number of methoxy groups -OCH3 is 1. The number of benzene rings is 2. The molecule has 27 heavy (non-hydrogen) atoms. The van der Waals surface area contributed by atoms with Crippen LogP contribution in [0.25, 0.3) is 5.70 Å². The van der Waals surface area contributed by atoms with Crippen molar-refractivity contribution in [2.45, 2.75) is 12.8 Å². The van der Waals surface area contributed by atoms with Crippen LogP contribution >= 0.6 is 0 Å². The van der Waals surface area contributed by atoms with Crippen molar-refractivity contribution >= 4 is 11.7 Å². The third-order valence-corrected chi connectivity index (χ3v) is 4.77. The molecule has 0 bridgehead atoms. The molecule has 0 aromatic heterocycles. The van der Waals surface area contributed by atoms with E-state index in [9.17, 15) is 4.79 Å². The van der Waals surface area contributed by atoms with Gasteiger partial charge in [-0.15, -0.1) is 0 Å². The van der Waals surface area contributed by atoms with Crippen LogP contribution in [-0.2, 0) is 9.53 Å². The second-order valence-corrected chi connectivity index (χ2v) is 6.28. The first kappa shape index (κ1) is 17.3. The van der Waals surface area contributed by atoms with Crippen molar-refractivity contribution in [2.75, 3.05) is 27.1 Å². The molecule has 0 spiro atoms. The first-order valence-corrected chi connectivity index (χ1v) is 8.90. The molecular weight excluding hydrogens is 346 g/mol. The molecule has 1 unspecified atom stereocenters. The Morgan fingerprint density at radius 3 is 2.67 bits per heavy atom. The maximum absolute atomic E-state index is 12.8. The standard InChI is InChI=1S/C21H21NO5/c1-3-25-21(23)19-16(14-6-9-17-18(10-14)27-12-26-17)11-22-20(19)13-4-7-15(24-2)8-5-13/h4-10,16,22H,3,11-12H2,1-2H3. The predicted octanol–water partition coefficient (Wildman–Crippen LogP) is 3.09. The Labute approximate surface area is 157 Å². The highest BCUT2D eigenvalue weighted by atomic mass is 16.7. The fourth-order valence-electron chi connectivity index (χ4n) is 3.46. The second kappa shape index (κ2) is 7.23. The number of rotatable bonds is 5. The van der Waals surface area contributed by atoms with Crippen molar-refractivity contribution in [1.82, 2.24) is 5.32 Å². The Kier molecular flexibility index (Phi) is 4.62. The third kappa shape index (κ3) is 3.18. The highest BCUT2D eigenvalue weighted by molar-refractivity contribution is 6.00. The maximum Gasteiger partial charge on any atom is 0.336 e. The zero-order valence-corrected chi connectivity index (χ0v) is 15.3. The predicted molar refractivity (Wildman–Crippen MR) is 99.9 cm³/mol. The van der Waals surface area contributed by atoms with E-state index in [1.165, 1.54) is 0 Å². The van der Waals surface area contributed by atoms with E-state index in [4.69, 9.17) is 18.9 Å². The molecule has 2 aromatic rings. The number of carbonyl (C=O) groups excluding carboxylic acids is 1. The van der Waals surface area contributed by atoms with Gasteiger partial charge in [-0.3, -0.25) is 0 Å². The molecule has 0 fully saturated rings. The van der Waals surface area contributed by atoms with Crippen LogP contribution in [0.2, 0.25) is 0 Å². The minimum atomic E-state index is -0.309. The van der Waals surface area contributed by atoms with E-state index < -0.39 is 0 Å². The van der Waals surface area contributed by atoms with E-state index >= 15 is 0 Å². The van der Waals surface area contributed by atoms with Gasteiger partial charge >= 0.3 is 5.97 Å². The lowest BCUT2D eigenvalue weighted by molar-refractivity contribution is -0.138. The van der Waals surface area contributed by atoms with Gasteiger partial charge in [-0.05, 0) is 54.4 Å². The van der Waals surface area contributed by atoms with Gasteiger partial charge in [0.15, 0.2) is 11.5 Å². The zero-order valence-electron chi connectivity index (χ0n) is 15.3. The number of ether oxygens (including phenoxy) is 4. The average molecular weight is 367 g/mol. The molecule has 2 heterocycles. The number of carbonyl (C=O) groups is 1. The molecule has 4 rings (SSSR count). The molecule has 140 valence electrons. The van der Waals surface area contributed by atoms with Crippen molar-refractivity contribution in [3.8, 4) is 17.2 Å². The van der Waals surface area contributed by atoms with E-state index in [0.717, 1.165) is 28.3 Å². The van der Waals surface area contributed by atoms with Gasteiger partial charge in [0.25, 0.3) is 0 Å². The van der Waals surface area contributed by atoms with E-state index in [1.807, 2.05) is 49.4 Å². The van der Waals surface area contributed by atoms with Crippen molar-refractivity contribution < 1.29 is 23.7 Å². The van der Waals surface area contributed by atoms with Gasteiger partial charge in [0.1, 0.15) is 5.75 Å². The van der Waals surface area contributed by atoms with Crippen molar-refractivity contribution in [2.24, 2.45) is 0 Å². The molecule has 6 nitrogen and oxygen atoms in total. The minimum Gasteiger partial charge on any atom is -0.497 e. The van der Waals surface area contributed by atoms with Gasteiger partial charge in [0.2, 0.25) is 6.79 Å². The van der Waals surface area contributed by atoms with Crippen LogP contribution in [0.1, 0.15) is 24.0 Å². The van der Waals surface area contributed by atoms with Crippen LogP contribution in [-0.4, -0.2) is 33.0 Å². The van der Waals surface area contributed by atoms with Gasteiger partial charge < -0.3 is 24.3 Å². The van der Waals surface area contributed by atoms with Crippen molar-refractivity contribution in [1.29, 1.82) is 0 Å². The number of esters is 1. The Morgan fingerprint density at radius 2 is 1.93 bits per heavy atom. The number of nitrogens with one attached hydrogen (secondary N) is 1. The monoisotopic (exact) mass is 367 g/mol. The summed E-state index contributed by atoms with van der Waals surface area (Å²) >= 11 is 0. The summed E-state index contributed by atoms with van der Waals surface area (Å²) in [7, 11) is 1.63. The molecule has 2 aromatic carbocycles. The number of hydrogen-bond donors (Lipinski definition) is 1. The van der Waals surface area contributed by atoms with Gasteiger partial charge in [-0.25, -0.2) is 4.79 Å². The average Bonchev–Trinajstić information content (AvgIpc) is 3.34. The van der Waals surface area contributed by atoms with Crippen LogP contribution in [0.3, 0.4) is 0 Å². The Hall–Kier alpha value is -3.15. The summed E-state index contributed by atoms with van der Waals surface area (Å²) in [4.78, 5) is 12.8. The first-order chi connectivity index (χ1) is 13.2. The Balaban J connectivity index is 1.75. The SMILES string of the molecule is CCOC(=O)C1=C(c2ccc(OC)cc2)NCC1c1ccc2c(c1)OCO2. The van der Waals surface area contributed by atoms with Crippen LogP contribution in [0.5, 0.6) is 17.2 Å². The van der Waals surface area contributed by atoms with Crippen molar-refractivity contribution in [3.63, 3.8) is 0 Å². The van der Waals surface area contributed by atoms with Gasteiger partial charge in [-0.1, -0.05) is 6.07 Å². The van der Waals surface area contributed by atoms with Crippen LogP contribution in [0.15, 0.2) is 48.0 Å². The Morgan fingerprint density at radius 1 is 1.15 bits per heavy atom. The summed E-state index contributed by atoms with van der Waals surface area (Å²) in [6.07, 6.45) is 0. The molecule has 0 amide bonds. The largest absolute Gasteiger partial charge is 0.497 e. The smallest absolute Gasteiger partial charge is 0.336 e. The first-order valence-electron chi connectivity index (χ1n) is 8.90. The molecule has 2 aliphatic heterocycles. The zero-order chi connectivity index (χ0) is 18.8. The maximum atomic E-state index is 12.8. The van der Waals surface area contributed by atoms with Crippen LogP contribution in [0.4, 0.5) is 0 Å². The highest BCUT2D eigenvalue weighted by Crippen LogP contribution is 2.40. The summed E-state index contributed by atoms with van der Waals surface area (Å²) in [5.74, 6) is 1.75. The normalized spacial score (nSPS) is 17.6. The number of fused-ring (bicyclic) bond motifs is 1. The lowest BCUT2D eigenvalue weighted by Gasteiger charge is -2.14. The quantitative estimate of drug-likeness (QED) is 0.820. The van der Waals surface area contributed by atoms with Crippen molar-refractivity contribution in [3.05, 3.63) is 59.2 Å². The van der Waals surface area contributed by atoms with E-state index in [1.54, 1.807) is 7.11 Å². The summed E-state index contributed by atoms with van der Waals surface area (Å²) in [5.41, 5.74) is 3.32. The molecular formula is C21H21NO5. The minimum absolute atomic E-state index is 0.129. The molecule has 2 aliphatic rings. The molecule has 1 atom stereocenters. The topological polar surface area (TPSA) is 66.0 Å². The fourth-order valence-corrected chi connectivity index (χ4v) is 3.46. The highest BCUT2D eigenvalue weighted by Gasteiger charge is 2.34. The molecule has 1 N–H and O–H groups in total. The lowest BCUT2D eigenvalue weighted by Crippen LogP contribution is -2.15. The summed E-state index contributed by atoms with van der Waals surface area (Å²) in [5, 5.41) is 3.38. The summed E-state index contributed by atoms with van der Waals surface area (Å²) < 4.78 is 21.5. The fraction of sp³-hybridized carbons (Fsp3) is 0.286. The van der Waals surface area contributed by atoms with Gasteiger partial charge in [0.05, 0.1) is 25.0 Å².